The van der Waals surface area contributed by atoms with E-state index in [1.165, 1.54) is 0 Å². The van der Waals surface area contributed by atoms with Gasteiger partial charge in [0.05, 0.1) is 12.4 Å². The van der Waals surface area contributed by atoms with Crippen LogP contribution in [0.2, 0.25) is 15.1 Å². The molecule has 1 heterocycles. The van der Waals surface area contributed by atoms with Gasteiger partial charge in [0.1, 0.15) is 0 Å². The van der Waals surface area contributed by atoms with Crippen molar-refractivity contribution < 1.29 is 0 Å². The highest BCUT2D eigenvalue weighted by Gasteiger charge is 2.09. The Hall–Kier alpha value is 0.0400. The van der Waals surface area contributed by atoms with Crippen LogP contribution in [0.1, 0.15) is 18.4 Å². The largest absolute Gasteiger partial charge is 0.372 e. The van der Waals surface area contributed by atoms with E-state index >= 15 is 0 Å². The molecule has 2 rings (SSSR count). The van der Waals surface area contributed by atoms with Crippen molar-refractivity contribution in [2.75, 3.05) is 13.1 Å². The highest BCUT2D eigenvalue weighted by molar-refractivity contribution is 8.93. The van der Waals surface area contributed by atoms with Gasteiger partial charge in [0.15, 0.2) is 0 Å². The van der Waals surface area contributed by atoms with Crippen LogP contribution >= 0.6 is 51.8 Å². The maximum absolute atomic E-state index is 6.12. The monoisotopic (exact) mass is 370 g/mol. The molecule has 0 saturated heterocycles. The number of hydrogen-bond acceptors (Lipinski definition) is 2. The van der Waals surface area contributed by atoms with E-state index in [4.69, 9.17) is 34.8 Å². The minimum Gasteiger partial charge on any atom is -0.372 e. The van der Waals surface area contributed by atoms with Crippen molar-refractivity contribution in [1.29, 1.82) is 0 Å². The Labute approximate surface area is 132 Å². The summed E-state index contributed by atoms with van der Waals surface area (Å²) in [5.41, 5.74) is 0.969. The fraction of sp³-hybridized carbons (Fsp3) is 0.417. The van der Waals surface area contributed by atoms with Gasteiger partial charge in [0.2, 0.25) is 0 Å². The molecule has 1 aromatic carbocycles. The van der Waals surface area contributed by atoms with E-state index in [-0.39, 0.29) is 17.0 Å². The first kappa shape index (κ1) is 16.1. The molecule has 0 aliphatic carbocycles. The number of nitrogens with one attached hydrogen (secondary N) is 1. The van der Waals surface area contributed by atoms with Crippen molar-refractivity contribution in [1.82, 2.24) is 5.32 Å². The van der Waals surface area contributed by atoms with Gasteiger partial charge in [-0.3, -0.25) is 4.99 Å². The molecule has 1 aliphatic rings. The average molecular weight is 373 g/mol. The SMILES string of the molecule is Br.Clc1cc(Cl)c(CCCC2=NCCN2)c(Cl)c1. The Morgan fingerprint density at radius 2 is 1.78 bits per heavy atom. The molecule has 0 amide bonds. The fourth-order valence-corrected chi connectivity index (χ4v) is 2.86. The molecule has 0 unspecified atom stereocenters. The van der Waals surface area contributed by atoms with Crippen molar-refractivity contribution >= 4 is 57.6 Å². The molecule has 0 bridgehead atoms. The number of halogens is 4. The lowest BCUT2D eigenvalue weighted by molar-refractivity contribution is 0.845. The zero-order valence-corrected chi connectivity index (χ0v) is 13.7. The smallest absolute Gasteiger partial charge is 0.0964 e. The summed E-state index contributed by atoms with van der Waals surface area (Å²) in [7, 11) is 0. The zero-order valence-electron chi connectivity index (χ0n) is 9.68. The summed E-state index contributed by atoms with van der Waals surface area (Å²) < 4.78 is 0. The predicted molar refractivity (Wildman–Crippen MR) is 85.0 cm³/mol. The van der Waals surface area contributed by atoms with Gasteiger partial charge >= 0.3 is 0 Å². The molecule has 0 aromatic heterocycles. The van der Waals surface area contributed by atoms with Crippen molar-refractivity contribution in [3.8, 4) is 0 Å². The van der Waals surface area contributed by atoms with Gasteiger partial charge in [0.25, 0.3) is 0 Å². The number of hydrogen-bond donors (Lipinski definition) is 1. The van der Waals surface area contributed by atoms with Gasteiger partial charge in [-0.15, -0.1) is 17.0 Å². The highest BCUT2D eigenvalue weighted by Crippen LogP contribution is 2.30. The second-order valence-electron chi connectivity index (χ2n) is 3.96. The van der Waals surface area contributed by atoms with E-state index in [0.717, 1.165) is 43.8 Å². The molecule has 6 heteroatoms. The molecular formula is C12H14BrCl3N2. The van der Waals surface area contributed by atoms with Crippen molar-refractivity contribution in [3.05, 3.63) is 32.8 Å². The second kappa shape index (κ2) is 7.59. The number of benzene rings is 1. The van der Waals surface area contributed by atoms with Crippen LogP contribution in [0.5, 0.6) is 0 Å². The van der Waals surface area contributed by atoms with E-state index in [2.05, 4.69) is 10.3 Å². The number of amidine groups is 1. The van der Waals surface area contributed by atoms with E-state index in [1.54, 1.807) is 12.1 Å². The van der Waals surface area contributed by atoms with E-state index in [0.29, 0.717) is 15.1 Å². The quantitative estimate of drug-likeness (QED) is 0.824. The topological polar surface area (TPSA) is 24.4 Å². The molecule has 1 aliphatic heterocycles. The van der Waals surface area contributed by atoms with Crippen LogP contribution in [0, 0.1) is 0 Å². The number of rotatable bonds is 4. The third-order valence-electron chi connectivity index (χ3n) is 2.69. The normalized spacial score (nSPS) is 13.8. The Morgan fingerprint density at radius 1 is 1.11 bits per heavy atom. The van der Waals surface area contributed by atoms with E-state index < -0.39 is 0 Å². The summed E-state index contributed by atoms with van der Waals surface area (Å²) in [6.07, 6.45) is 2.76. The molecule has 0 atom stereocenters. The van der Waals surface area contributed by atoms with Gasteiger partial charge in [-0.2, -0.15) is 0 Å². The lowest BCUT2D eigenvalue weighted by Gasteiger charge is -2.08. The zero-order chi connectivity index (χ0) is 12.3. The Kier molecular flexibility index (Phi) is 6.78. The van der Waals surface area contributed by atoms with Gasteiger partial charge < -0.3 is 5.32 Å². The lowest BCUT2D eigenvalue weighted by atomic mass is 10.1. The summed E-state index contributed by atoms with van der Waals surface area (Å²) in [4.78, 5) is 4.34. The second-order valence-corrected chi connectivity index (χ2v) is 5.21. The summed E-state index contributed by atoms with van der Waals surface area (Å²) >= 11 is 18.1. The number of nitrogens with zero attached hydrogens (tertiary/aromatic N) is 1. The van der Waals surface area contributed by atoms with Crippen molar-refractivity contribution in [3.63, 3.8) is 0 Å². The molecule has 1 aromatic rings. The maximum atomic E-state index is 6.12. The van der Waals surface area contributed by atoms with E-state index in [1.807, 2.05) is 0 Å². The first-order valence-corrected chi connectivity index (χ1v) is 6.71. The molecule has 0 radical (unpaired) electrons. The Bertz CT molecular complexity index is 426. The van der Waals surface area contributed by atoms with Crippen molar-refractivity contribution in [2.24, 2.45) is 4.99 Å². The standard InChI is InChI=1S/C12H13Cl3N2.BrH/c13-8-6-10(14)9(11(15)7-8)2-1-3-12-16-4-5-17-12;/h6-7H,1-5H2,(H,16,17);1H. The molecule has 0 saturated carbocycles. The van der Waals surface area contributed by atoms with E-state index in [9.17, 15) is 0 Å². The first-order valence-electron chi connectivity index (χ1n) is 5.57. The van der Waals surface area contributed by atoms with Crippen LogP contribution in [0.4, 0.5) is 0 Å². The van der Waals surface area contributed by atoms with Crippen LogP contribution in [0.15, 0.2) is 17.1 Å². The lowest BCUT2D eigenvalue weighted by Crippen LogP contribution is -2.18. The summed E-state index contributed by atoms with van der Waals surface area (Å²) in [5, 5.41) is 5.10. The van der Waals surface area contributed by atoms with Gasteiger partial charge in [-0.1, -0.05) is 34.8 Å². The minimum atomic E-state index is 0. The van der Waals surface area contributed by atoms with Gasteiger partial charge in [-0.05, 0) is 30.5 Å². The van der Waals surface area contributed by atoms with Crippen LogP contribution in [0.3, 0.4) is 0 Å². The van der Waals surface area contributed by atoms with Crippen LogP contribution < -0.4 is 5.32 Å². The summed E-state index contributed by atoms with van der Waals surface area (Å²) in [5.74, 6) is 1.09. The predicted octanol–water partition coefficient (Wildman–Crippen LogP) is 4.55. The average Bonchev–Trinajstić information content (AvgIpc) is 2.74. The molecule has 0 fully saturated rings. The van der Waals surface area contributed by atoms with Gasteiger partial charge in [-0.25, -0.2) is 0 Å². The van der Waals surface area contributed by atoms with Crippen LogP contribution in [-0.4, -0.2) is 18.9 Å². The highest BCUT2D eigenvalue weighted by atomic mass is 79.9. The summed E-state index contributed by atoms with van der Waals surface area (Å²) in [6.45, 7) is 1.84. The fourth-order valence-electron chi connectivity index (χ4n) is 1.86. The van der Waals surface area contributed by atoms with Crippen LogP contribution in [0.25, 0.3) is 0 Å². The third kappa shape index (κ3) is 4.30. The van der Waals surface area contributed by atoms with Crippen molar-refractivity contribution in [2.45, 2.75) is 19.3 Å². The Balaban J connectivity index is 0.00000162. The Morgan fingerprint density at radius 3 is 2.33 bits per heavy atom. The minimum absolute atomic E-state index is 0. The van der Waals surface area contributed by atoms with Crippen LogP contribution in [-0.2, 0) is 6.42 Å². The molecular weight excluding hydrogens is 358 g/mol. The number of aliphatic imine (C=N–C) groups is 1. The molecule has 2 nitrogen and oxygen atoms in total. The molecule has 18 heavy (non-hydrogen) atoms. The first-order chi connectivity index (χ1) is 8.16. The van der Waals surface area contributed by atoms with Gasteiger partial charge in [0, 0.05) is 28.0 Å². The maximum Gasteiger partial charge on any atom is 0.0964 e. The molecule has 1 N–H and O–H groups in total. The molecule has 0 spiro atoms. The summed E-state index contributed by atoms with van der Waals surface area (Å²) in [6, 6.07) is 3.46. The third-order valence-corrected chi connectivity index (χ3v) is 3.58. The molecule has 100 valence electrons.